The Balaban J connectivity index is 1.17. The minimum absolute atomic E-state index is 0.202. The lowest BCUT2D eigenvalue weighted by atomic mass is 9.77. The summed E-state index contributed by atoms with van der Waals surface area (Å²) in [5, 5.41) is 15.8. The Hall–Kier alpha value is -6.78. The van der Waals surface area contributed by atoms with Crippen LogP contribution in [0.5, 0.6) is 5.88 Å². The first-order valence-corrected chi connectivity index (χ1v) is 20.7. The molecule has 59 heavy (non-hydrogen) atoms. The lowest BCUT2D eigenvalue weighted by molar-refractivity contribution is 0.0598. The first kappa shape index (κ1) is 39.1. The molecule has 0 fully saturated rings. The molecule has 3 heterocycles. The van der Waals surface area contributed by atoms with Gasteiger partial charge in [0.2, 0.25) is 5.88 Å². The van der Waals surface area contributed by atoms with E-state index >= 15 is 0 Å². The minimum atomic E-state index is -0.880. The zero-order chi connectivity index (χ0) is 40.6. The van der Waals surface area contributed by atoms with Crippen LogP contribution in [0.4, 0.5) is 0 Å². The van der Waals surface area contributed by atoms with Crippen LogP contribution >= 0.6 is 11.3 Å². The number of methoxy groups -OCH3 is 1. The number of thiophene rings is 1. The molecule has 0 atom stereocenters. The highest BCUT2D eigenvalue weighted by molar-refractivity contribution is 7.10. The summed E-state index contributed by atoms with van der Waals surface area (Å²) in [5.41, 5.74) is 8.69. The monoisotopic (exact) mass is 796 g/mol. The van der Waals surface area contributed by atoms with E-state index in [4.69, 9.17) is 29.8 Å². The molecule has 0 saturated heterocycles. The van der Waals surface area contributed by atoms with Crippen LogP contribution in [-0.2, 0) is 29.7 Å². The number of aryl methyl sites for hydroxylation is 2. The fraction of sp³-hybridized carbons (Fsp3) is 0.184. The zero-order valence-electron chi connectivity index (χ0n) is 33.3. The Bertz CT molecular complexity index is 2550. The number of carbonyl (C=O) groups excluding carboxylic acids is 1. The summed E-state index contributed by atoms with van der Waals surface area (Å²) in [4.78, 5) is 22.8. The van der Waals surface area contributed by atoms with Crippen molar-refractivity contribution in [1.82, 2.24) is 30.2 Å². The van der Waals surface area contributed by atoms with Crippen LogP contribution in [0, 0.1) is 6.92 Å². The lowest BCUT2D eigenvalue weighted by Gasteiger charge is -2.36. The number of carbonyl (C=O) groups is 1. The summed E-state index contributed by atoms with van der Waals surface area (Å²) in [7, 11) is 1.39. The largest absolute Gasteiger partial charge is 0.472 e. The molecule has 0 unspecified atom stereocenters. The van der Waals surface area contributed by atoms with Gasteiger partial charge in [0.1, 0.15) is 18.0 Å². The Kier molecular flexibility index (Phi) is 11.8. The number of hydrogen-bond donors (Lipinski definition) is 0. The van der Waals surface area contributed by atoms with E-state index in [9.17, 15) is 4.79 Å². The lowest BCUT2D eigenvalue weighted by Crippen LogP contribution is -2.39. The van der Waals surface area contributed by atoms with Gasteiger partial charge in [-0.25, -0.2) is 14.5 Å². The van der Waals surface area contributed by atoms with E-state index in [1.54, 1.807) is 6.07 Å². The Morgan fingerprint density at radius 3 is 1.97 bits per heavy atom. The van der Waals surface area contributed by atoms with E-state index in [1.807, 2.05) is 47.3 Å². The van der Waals surface area contributed by atoms with Crippen molar-refractivity contribution in [2.75, 3.05) is 7.11 Å². The topological polar surface area (TPSA) is 105 Å². The van der Waals surface area contributed by atoms with Gasteiger partial charge in [0.25, 0.3) is 0 Å². The second kappa shape index (κ2) is 17.8. The zero-order valence-corrected chi connectivity index (χ0v) is 34.1. The first-order chi connectivity index (χ1) is 29.0. The fourth-order valence-corrected chi connectivity index (χ4v) is 8.55. The Labute approximate surface area is 348 Å². The van der Waals surface area contributed by atoms with Gasteiger partial charge in [-0.3, -0.25) is 0 Å². The molecule has 0 N–H and O–H groups in total. The van der Waals surface area contributed by atoms with Crippen LogP contribution in [0.25, 0.3) is 22.5 Å². The van der Waals surface area contributed by atoms with E-state index in [-0.39, 0.29) is 12.6 Å². The standard InChI is InChI=1S/C49H44N6O3S/c1-4-5-25-44-43(47(51-34(2)50-44)58-33-45-42(30-31-59-45)48(56)57-3)32-35-26-28-36(29-27-35)40-23-15-16-24-41(40)46-52-53-54-55(46)49(37-17-9-6-10-18-37,38-19-11-7-12-20-38)39-21-13-8-14-22-39/h6-24,26-31H,4-5,25,32-33H2,1-3H3. The molecule has 8 rings (SSSR count). The molecular formula is C49H44N6O3S. The number of nitrogens with zero attached hydrogens (tertiary/aromatic N) is 6. The maximum atomic E-state index is 12.4. The Morgan fingerprint density at radius 2 is 1.36 bits per heavy atom. The molecule has 3 aromatic heterocycles. The second-order valence-corrected chi connectivity index (χ2v) is 15.3. The highest BCUT2D eigenvalue weighted by Crippen LogP contribution is 2.43. The summed E-state index contributed by atoms with van der Waals surface area (Å²) in [5.74, 6) is 1.45. The maximum absolute atomic E-state index is 12.4. The Morgan fingerprint density at radius 1 is 0.746 bits per heavy atom. The number of tetrazole rings is 1. The van der Waals surface area contributed by atoms with Crippen molar-refractivity contribution in [2.24, 2.45) is 0 Å². The number of aromatic nitrogens is 6. The number of benzene rings is 5. The highest BCUT2D eigenvalue weighted by Gasteiger charge is 2.42. The van der Waals surface area contributed by atoms with E-state index in [2.05, 4.69) is 121 Å². The summed E-state index contributed by atoms with van der Waals surface area (Å²) >= 11 is 1.46. The van der Waals surface area contributed by atoms with Gasteiger partial charge in [0.05, 0.1) is 23.2 Å². The molecule has 0 bridgehead atoms. The van der Waals surface area contributed by atoms with Crippen LogP contribution in [0.3, 0.4) is 0 Å². The van der Waals surface area contributed by atoms with Crippen LogP contribution in [0.1, 0.15) is 74.3 Å². The minimum Gasteiger partial charge on any atom is -0.472 e. The van der Waals surface area contributed by atoms with E-state index < -0.39 is 5.54 Å². The number of hydrogen-bond acceptors (Lipinski definition) is 9. The molecule has 10 heteroatoms. The van der Waals surface area contributed by atoms with Gasteiger partial charge in [0.15, 0.2) is 5.82 Å². The van der Waals surface area contributed by atoms with Crippen LogP contribution in [0.15, 0.2) is 151 Å². The van der Waals surface area contributed by atoms with Gasteiger partial charge in [-0.1, -0.05) is 153 Å². The number of rotatable bonds is 15. The van der Waals surface area contributed by atoms with Crippen molar-refractivity contribution in [3.63, 3.8) is 0 Å². The molecule has 8 aromatic rings. The predicted octanol–water partition coefficient (Wildman–Crippen LogP) is 10.3. The highest BCUT2D eigenvalue weighted by atomic mass is 32.1. The smallest absolute Gasteiger partial charge is 0.339 e. The van der Waals surface area contributed by atoms with Crippen LogP contribution in [0.2, 0.25) is 0 Å². The van der Waals surface area contributed by atoms with Gasteiger partial charge in [-0.05, 0) is 75.0 Å². The van der Waals surface area contributed by atoms with Crippen molar-refractivity contribution < 1.29 is 14.3 Å². The molecule has 0 aliphatic heterocycles. The molecule has 0 aliphatic rings. The van der Waals surface area contributed by atoms with Gasteiger partial charge in [-0.2, -0.15) is 4.98 Å². The summed E-state index contributed by atoms with van der Waals surface area (Å²) in [6.07, 6.45) is 3.43. The predicted molar refractivity (Wildman–Crippen MR) is 231 cm³/mol. The third-order valence-electron chi connectivity index (χ3n) is 10.6. The molecule has 0 aliphatic carbocycles. The van der Waals surface area contributed by atoms with E-state index in [1.165, 1.54) is 18.4 Å². The average Bonchev–Trinajstić information content (AvgIpc) is 3.98. The molecule has 9 nitrogen and oxygen atoms in total. The normalized spacial score (nSPS) is 11.4. The van der Waals surface area contributed by atoms with Crippen molar-refractivity contribution in [2.45, 2.75) is 51.7 Å². The number of ether oxygens (including phenoxy) is 2. The van der Waals surface area contributed by atoms with Crippen molar-refractivity contribution in [1.29, 1.82) is 0 Å². The van der Waals surface area contributed by atoms with Gasteiger partial charge in [0, 0.05) is 17.5 Å². The molecule has 0 saturated carbocycles. The molecule has 5 aromatic carbocycles. The van der Waals surface area contributed by atoms with Crippen molar-refractivity contribution in [3.05, 3.63) is 201 Å². The van der Waals surface area contributed by atoms with Crippen LogP contribution < -0.4 is 4.74 Å². The second-order valence-electron chi connectivity index (χ2n) is 14.3. The van der Waals surface area contributed by atoms with E-state index in [0.717, 1.165) is 74.3 Å². The molecule has 0 spiro atoms. The maximum Gasteiger partial charge on any atom is 0.339 e. The van der Waals surface area contributed by atoms with Crippen molar-refractivity contribution in [3.8, 4) is 28.4 Å². The molecule has 0 radical (unpaired) electrons. The quantitative estimate of drug-likeness (QED) is 0.0746. The number of esters is 1. The van der Waals surface area contributed by atoms with Crippen LogP contribution in [-0.4, -0.2) is 43.3 Å². The summed E-state index contributed by atoms with van der Waals surface area (Å²) < 4.78 is 13.4. The molecule has 0 amide bonds. The van der Waals surface area contributed by atoms with Gasteiger partial charge >= 0.3 is 5.97 Å². The first-order valence-electron chi connectivity index (χ1n) is 19.8. The summed E-state index contributed by atoms with van der Waals surface area (Å²) in [6.45, 7) is 4.27. The average molecular weight is 797 g/mol. The van der Waals surface area contributed by atoms with E-state index in [0.29, 0.717) is 29.5 Å². The van der Waals surface area contributed by atoms with Crippen molar-refractivity contribution >= 4 is 17.3 Å². The fourth-order valence-electron chi connectivity index (χ4n) is 7.77. The third-order valence-corrected chi connectivity index (χ3v) is 11.5. The van der Waals surface area contributed by atoms with Gasteiger partial charge < -0.3 is 9.47 Å². The third kappa shape index (κ3) is 7.91. The molecule has 294 valence electrons. The number of unbranched alkanes of at least 4 members (excludes halogenated alkanes) is 1. The SMILES string of the molecule is CCCCc1nc(C)nc(OCc2sccc2C(=O)OC)c1Cc1ccc(-c2ccccc2-c2nnnn2C(c2ccccc2)(c2ccccc2)c2ccccc2)cc1. The molecular weight excluding hydrogens is 753 g/mol. The van der Waals surface area contributed by atoms with Gasteiger partial charge in [-0.15, -0.1) is 16.4 Å². The summed E-state index contributed by atoms with van der Waals surface area (Å²) in [6, 6.07) is 49.9.